The van der Waals surface area contributed by atoms with E-state index in [1.54, 1.807) is 30.3 Å². The van der Waals surface area contributed by atoms with Crippen LogP contribution in [-0.4, -0.2) is 29.8 Å². The minimum absolute atomic E-state index is 0.117. The van der Waals surface area contributed by atoms with Gasteiger partial charge < -0.3 is 19.9 Å². The van der Waals surface area contributed by atoms with Gasteiger partial charge in [-0.15, -0.1) is 6.58 Å². The number of carbonyl (C=O) groups excluding carboxylic acids is 1. The molecule has 9 heteroatoms. The number of anilines is 1. The van der Waals surface area contributed by atoms with Crippen LogP contribution in [-0.2, 0) is 16.4 Å². The van der Waals surface area contributed by atoms with Crippen molar-refractivity contribution in [1.29, 1.82) is 0 Å². The topological polar surface area (TPSA) is 76.4 Å². The zero-order valence-electron chi connectivity index (χ0n) is 23.6. The van der Waals surface area contributed by atoms with Crippen LogP contribution in [0.4, 0.5) is 18.9 Å². The summed E-state index contributed by atoms with van der Waals surface area (Å²) in [5.41, 5.74) is 0.839. The van der Waals surface area contributed by atoms with Gasteiger partial charge in [-0.25, -0.2) is 0 Å². The molecule has 1 fully saturated rings. The van der Waals surface area contributed by atoms with Gasteiger partial charge >= 0.3 is 6.18 Å². The van der Waals surface area contributed by atoms with Crippen LogP contribution in [0.15, 0.2) is 71.8 Å². The van der Waals surface area contributed by atoms with Crippen LogP contribution in [0.5, 0.6) is 5.75 Å². The second-order valence-corrected chi connectivity index (χ2v) is 11.3. The van der Waals surface area contributed by atoms with E-state index in [0.29, 0.717) is 17.4 Å². The first-order chi connectivity index (χ1) is 19.4. The van der Waals surface area contributed by atoms with Gasteiger partial charge in [0, 0.05) is 41.4 Å². The van der Waals surface area contributed by atoms with Gasteiger partial charge in [0.2, 0.25) is 5.91 Å². The van der Waals surface area contributed by atoms with E-state index in [4.69, 9.17) is 9.26 Å². The maximum atomic E-state index is 13.9. The molecule has 1 aliphatic carbocycles. The first kappa shape index (κ1) is 30.1. The van der Waals surface area contributed by atoms with Crippen molar-refractivity contribution < 1.29 is 27.2 Å². The lowest BCUT2D eigenvalue weighted by Gasteiger charge is -2.29. The molecule has 1 saturated carbocycles. The summed E-state index contributed by atoms with van der Waals surface area (Å²) in [7, 11) is 0. The number of alkyl halides is 3. The molecule has 0 atom stereocenters. The van der Waals surface area contributed by atoms with E-state index in [1.807, 2.05) is 26.8 Å². The Kier molecular flexibility index (Phi) is 9.38. The predicted octanol–water partition coefficient (Wildman–Crippen LogP) is 7.78. The van der Waals surface area contributed by atoms with Crippen molar-refractivity contribution in [1.82, 2.24) is 10.5 Å². The lowest BCUT2D eigenvalue weighted by molar-refractivity contribution is -0.137. The van der Waals surface area contributed by atoms with Gasteiger partial charge in [0.05, 0.1) is 11.7 Å². The van der Waals surface area contributed by atoms with Gasteiger partial charge in [0.15, 0.2) is 0 Å². The Bertz CT molecular complexity index is 1360. The standard InChI is InChI=1S/C32H36F3N3O3/c1-5-18-36-23-12-15-25(16-13-23)40-26-14-8-21(27(19-26)32(33,34)35)9-17-30(39)37-24-10-6-22(7-11-24)28-20-29(41-38-28)31(2,3)4/h5-11,14,17,19-20,23,25,36H,1,12-13,15-16,18H2,2-4H3,(H,37,39)/b17-9-. The summed E-state index contributed by atoms with van der Waals surface area (Å²) < 4.78 is 52.9. The molecule has 1 aliphatic rings. The maximum absolute atomic E-state index is 13.9. The van der Waals surface area contributed by atoms with Crippen LogP contribution >= 0.6 is 0 Å². The zero-order valence-corrected chi connectivity index (χ0v) is 23.6. The fraction of sp³-hybridized carbons (Fsp3) is 0.375. The van der Waals surface area contributed by atoms with Crippen LogP contribution < -0.4 is 15.4 Å². The molecule has 1 aromatic heterocycles. The molecule has 3 aromatic rings. The number of hydrogen-bond donors (Lipinski definition) is 2. The summed E-state index contributed by atoms with van der Waals surface area (Å²) in [6.07, 6.45) is 2.61. The molecule has 1 amide bonds. The van der Waals surface area contributed by atoms with Crippen molar-refractivity contribution in [3.05, 3.63) is 84.1 Å². The van der Waals surface area contributed by atoms with Crippen molar-refractivity contribution in [3.8, 4) is 17.0 Å². The number of ether oxygens (including phenoxy) is 1. The smallest absolute Gasteiger partial charge is 0.417 e. The van der Waals surface area contributed by atoms with Crippen molar-refractivity contribution in [3.63, 3.8) is 0 Å². The molecule has 41 heavy (non-hydrogen) atoms. The number of benzene rings is 2. The van der Waals surface area contributed by atoms with E-state index in [0.717, 1.165) is 61.8 Å². The Labute approximate surface area is 238 Å². The molecule has 6 nitrogen and oxygen atoms in total. The lowest BCUT2D eigenvalue weighted by Crippen LogP contribution is -2.36. The number of amides is 1. The SMILES string of the molecule is C=CCNC1CCC(Oc2ccc(/C=C\C(=O)Nc3ccc(-c4cc(C(C)(C)C)on4)cc3)c(C(F)(F)F)c2)CC1. The van der Waals surface area contributed by atoms with Gasteiger partial charge in [-0.3, -0.25) is 4.79 Å². The van der Waals surface area contributed by atoms with E-state index in [2.05, 4.69) is 22.4 Å². The van der Waals surface area contributed by atoms with Gasteiger partial charge in [-0.2, -0.15) is 13.2 Å². The highest BCUT2D eigenvalue weighted by Crippen LogP contribution is 2.36. The second-order valence-electron chi connectivity index (χ2n) is 11.3. The Morgan fingerprint density at radius 1 is 1.07 bits per heavy atom. The van der Waals surface area contributed by atoms with Crippen LogP contribution in [0.3, 0.4) is 0 Å². The van der Waals surface area contributed by atoms with Gasteiger partial charge in [0.1, 0.15) is 17.2 Å². The fourth-order valence-electron chi connectivity index (χ4n) is 4.67. The summed E-state index contributed by atoms with van der Waals surface area (Å²) >= 11 is 0. The Morgan fingerprint density at radius 2 is 1.78 bits per heavy atom. The number of rotatable bonds is 9. The normalized spacial score (nSPS) is 17.9. The summed E-state index contributed by atoms with van der Waals surface area (Å²) in [5.74, 6) is 0.375. The van der Waals surface area contributed by atoms with Gasteiger partial charge in [0.25, 0.3) is 0 Å². The highest BCUT2D eigenvalue weighted by Gasteiger charge is 2.34. The monoisotopic (exact) mass is 567 g/mol. The minimum atomic E-state index is -4.61. The van der Waals surface area contributed by atoms with E-state index >= 15 is 0 Å². The molecule has 0 radical (unpaired) electrons. The number of carbonyl (C=O) groups is 1. The molecular formula is C32H36F3N3O3. The van der Waals surface area contributed by atoms with Crippen molar-refractivity contribution in [2.45, 2.75) is 70.2 Å². The third kappa shape index (κ3) is 8.33. The molecule has 0 bridgehead atoms. The maximum Gasteiger partial charge on any atom is 0.417 e. The summed E-state index contributed by atoms with van der Waals surface area (Å²) in [6.45, 7) is 10.5. The largest absolute Gasteiger partial charge is 0.490 e. The Hall–Kier alpha value is -3.85. The Balaban J connectivity index is 1.38. The molecule has 4 rings (SSSR count). The Morgan fingerprint density at radius 3 is 2.39 bits per heavy atom. The summed E-state index contributed by atoms with van der Waals surface area (Å²) in [4.78, 5) is 12.5. The lowest BCUT2D eigenvalue weighted by atomic mass is 9.93. The summed E-state index contributed by atoms with van der Waals surface area (Å²) in [6, 6.07) is 13.1. The molecular weight excluding hydrogens is 531 g/mol. The minimum Gasteiger partial charge on any atom is -0.490 e. The number of halogens is 3. The average Bonchev–Trinajstić information content (AvgIpc) is 3.43. The first-order valence-corrected chi connectivity index (χ1v) is 13.7. The van der Waals surface area contributed by atoms with Gasteiger partial charge in [-0.05, 0) is 61.6 Å². The highest BCUT2D eigenvalue weighted by molar-refractivity contribution is 6.02. The molecule has 0 saturated heterocycles. The van der Waals surface area contributed by atoms with Crippen LogP contribution in [0.1, 0.15) is 63.3 Å². The molecule has 0 aliphatic heterocycles. The number of hydrogen-bond acceptors (Lipinski definition) is 5. The quantitative estimate of drug-likeness (QED) is 0.204. The molecule has 1 heterocycles. The third-order valence-electron chi connectivity index (χ3n) is 6.97. The summed E-state index contributed by atoms with van der Waals surface area (Å²) in [5, 5.41) is 10.2. The second kappa shape index (κ2) is 12.8. The molecule has 0 spiro atoms. The van der Waals surface area contributed by atoms with E-state index < -0.39 is 17.6 Å². The number of aromatic nitrogens is 1. The van der Waals surface area contributed by atoms with Crippen molar-refractivity contribution in [2.24, 2.45) is 0 Å². The van der Waals surface area contributed by atoms with Crippen LogP contribution in [0.25, 0.3) is 17.3 Å². The van der Waals surface area contributed by atoms with Crippen molar-refractivity contribution >= 4 is 17.7 Å². The van der Waals surface area contributed by atoms with Gasteiger partial charge in [-0.1, -0.05) is 50.2 Å². The van der Waals surface area contributed by atoms with E-state index in [1.165, 1.54) is 12.1 Å². The molecule has 0 unspecified atom stereocenters. The van der Waals surface area contributed by atoms with Crippen LogP contribution in [0.2, 0.25) is 0 Å². The predicted molar refractivity (Wildman–Crippen MR) is 155 cm³/mol. The van der Waals surface area contributed by atoms with Crippen LogP contribution in [0, 0.1) is 0 Å². The molecule has 2 N–H and O–H groups in total. The fourth-order valence-corrected chi connectivity index (χ4v) is 4.67. The number of nitrogens with zero attached hydrogens (tertiary/aromatic N) is 1. The van der Waals surface area contributed by atoms with E-state index in [-0.39, 0.29) is 22.8 Å². The number of nitrogens with one attached hydrogen (secondary N) is 2. The molecule has 2 aromatic carbocycles. The zero-order chi connectivity index (χ0) is 29.6. The van der Waals surface area contributed by atoms with E-state index in [9.17, 15) is 18.0 Å². The highest BCUT2D eigenvalue weighted by atomic mass is 19.4. The first-order valence-electron chi connectivity index (χ1n) is 13.7. The molecule has 218 valence electrons. The third-order valence-corrected chi connectivity index (χ3v) is 6.97. The van der Waals surface area contributed by atoms with Crippen molar-refractivity contribution in [2.75, 3.05) is 11.9 Å². The average molecular weight is 568 g/mol.